The maximum atomic E-state index is 12.1. The molecule has 2 rings (SSSR count). The van der Waals surface area contributed by atoms with Gasteiger partial charge in [-0.2, -0.15) is 13.2 Å². The number of carbonyl (C=O) groups is 2. The molecule has 0 bridgehead atoms. The Kier molecular flexibility index (Phi) is 3.96. The fourth-order valence-electron chi connectivity index (χ4n) is 2.57. The summed E-state index contributed by atoms with van der Waals surface area (Å²) in [5.74, 6) is -3.74. The molecule has 19 heavy (non-hydrogen) atoms. The number of rotatable bonds is 3. The minimum Gasteiger partial charge on any atom is -0.348 e. The lowest BCUT2D eigenvalue weighted by Crippen LogP contribution is -2.38. The minimum absolute atomic E-state index is 0.407. The van der Waals surface area contributed by atoms with Crippen LogP contribution in [0, 0.1) is 5.92 Å². The van der Waals surface area contributed by atoms with E-state index in [9.17, 15) is 22.8 Å². The van der Waals surface area contributed by atoms with Gasteiger partial charge in [-0.25, -0.2) is 0 Å². The molecule has 0 amide bonds. The number of carbonyl (C=O) groups excluding carboxylic acids is 2. The van der Waals surface area contributed by atoms with Crippen molar-refractivity contribution < 1.29 is 32.2 Å². The molecule has 0 radical (unpaired) electrons. The molecule has 1 heterocycles. The van der Waals surface area contributed by atoms with Crippen molar-refractivity contribution in [3.05, 3.63) is 0 Å². The molecule has 0 aromatic carbocycles. The minimum atomic E-state index is -4.93. The van der Waals surface area contributed by atoms with Gasteiger partial charge in [-0.15, -0.1) is 0 Å². The highest BCUT2D eigenvalue weighted by Crippen LogP contribution is 2.39. The fraction of sp³-hybridized carbons (Fsp3) is 0.833. The van der Waals surface area contributed by atoms with Crippen LogP contribution in [0.4, 0.5) is 13.2 Å². The molecule has 4 nitrogen and oxygen atoms in total. The van der Waals surface area contributed by atoms with E-state index >= 15 is 0 Å². The molecular formula is C12H15F3O4. The molecule has 1 aliphatic carbocycles. The summed E-state index contributed by atoms with van der Waals surface area (Å²) in [4.78, 5) is 22.4. The van der Waals surface area contributed by atoms with Crippen molar-refractivity contribution in [1.29, 1.82) is 0 Å². The van der Waals surface area contributed by atoms with Gasteiger partial charge < -0.3 is 9.47 Å². The van der Waals surface area contributed by atoms with E-state index < -0.39 is 35.9 Å². The van der Waals surface area contributed by atoms with Crippen LogP contribution < -0.4 is 0 Å². The molecule has 1 spiro atoms. The molecule has 108 valence electrons. The summed E-state index contributed by atoms with van der Waals surface area (Å²) in [7, 11) is 0. The van der Waals surface area contributed by atoms with Crippen molar-refractivity contribution in [3.63, 3.8) is 0 Å². The topological polar surface area (TPSA) is 52.6 Å². The fourth-order valence-corrected chi connectivity index (χ4v) is 2.57. The Hall–Kier alpha value is -0.950. The molecule has 2 fully saturated rings. The SMILES string of the molecule is O=C(CC(=O)C(F)(F)F)C1CCC2(CC1)OCCO2. The van der Waals surface area contributed by atoms with Crippen molar-refractivity contribution in [1.82, 2.24) is 0 Å². The average molecular weight is 280 g/mol. The van der Waals surface area contributed by atoms with Gasteiger partial charge >= 0.3 is 6.18 Å². The van der Waals surface area contributed by atoms with Crippen molar-refractivity contribution in [3.8, 4) is 0 Å². The first-order valence-corrected chi connectivity index (χ1v) is 6.23. The molecule has 1 saturated heterocycles. The highest BCUT2D eigenvalue weighted by atomic mass is 19.4. The van der Waals surface area contributed by atoms with Gasteiger partial charge in [0.1, 0.15) is 5.78 Å². The number of halogens is 3. The van der Waals surface area contributed by atoms with Gasteiger partial charge in [0.05, 0.1) is 19.6 Å². The first-order valence-electron chi connectivity index (χ1n) is 6.23. The van der Waals surface area contributed by atoms with Crippen molar-refractivity contribution in [2.24, 2.45) is 5.92 Å². The summed E-state index contributed by atoms with van der Waals surface area (Å²) in [6.07, 6.45) is -4.19. The molecule has 0 aromatic heterocycles. The van der Waals surface area contributed by atoms with E-state index in [0.29, 0.717) is 38.9 Å². The molecule has 1 aliphatic heterocycles. The van der Waals surface area contributed by atoms with E-state index in [1.165, 1.54) is 0 Å². The lowest BCUT2D eigenvalue weighted by Gasteiger charge is -2.34. The van der Waals surface area contributed by atoms with Crippen LogP contribution in [0.3, 0.4) is 0 Å². The Balaban J connectivity index is 1.84. The molecule has 0 atom stereocenters. The second kappa shape index (κ2) is 5.20. The summed E-state index contributed by atoms with van der Waals surface area (Å²) in [5, 5.41) is 0. The van der Waals surface area contributed by atoms with Gasteiger partial charge in [0.2, 0.25) is 5.78 Å². The van der Waals surface area contributed by atoms with Crippen LogP contribution in [0.2, 0.25) is 0 Å². The highest BCUT2D eigenvalue weighted by molar-refractivity contribution is 6.02. The van der Waals surface area contributed by atoms with E-state index in [1.54, 1.807) is 0 Å². The maximum absolute atomic E-state index is 12.1. The van der Waals surface area contributed by atoms with Crippen LogP contribution in [0.25, 0.3) is 0 Å². The summed E-state index contributed by atoms with van der Waals surface area (Å²) in [6.45, 7) is 1.01. The van der Waals surface area contributed by atoms with Gasteiger partial charge in [0.15, 0.2) is 5.79 Å². The zero-order valence-corrected chi connectivity index (χ0v) is 10.3. The maximum Gasteiger partial charge on any atom is 0.450 e. The number of hydrogen-bond acceptors (Lipinski definition) is 4. The monoisotopic (exact) mass is 280 g/mol. The smallest absolute Gasteiger partial charge is 0.348 e. The van der Waals surface area contributed by atoms with Crippen LogP contribution in [0.1, 0.15) is 32.1 Å². The van der Waals surface area contributed by atoms with Crippen LogP contribution in [0.15, 0.2) is 0 Å². The van der Waals surface area contributed by atoms with E-state index in [2.05, 4.69) is 0 Å². The Labute approximate surface area is 108 Å². The van der Waals surface area contributed by atoms with Crippen molar-refractivity contribution in [2.75, 3.05) is 13.2 Å². The Bertz CT molecular complexity index is 362. The van der Waals surface area contributed by atoms with E-state index in [0.717, 1.165) is 0 Å². The van der Waals surface area contributed by atoms with Crippen molar-refractivity contribution >= 4 is 11.6 Å². The summed E-state index contributed by atoms with van der Waals surface area (Å²) >= 11 is 0. The number of alkyl halides is 3. The van der Waals surface area contributed by atoms with Gasteiger partial charge in [0.25, 0.3) is 0 Å². The largest absolute Gasteiger partial charge is 0.450 e. The van der Waals surface area contributed by atoms with Crippen LogP contribution in [0.5, 0.6) is 0 Å². The van der Waals surface area contributed by atoms with Gasteiger partial charge in [-0.05, 0) is 12.8 Å². The Morgan fingerprint density at radius 1 is 1.11 bits per heavy atom. The summed E-state index contributed by atoms with van der Waals surface area (Å²) in [6, 6.07) is 0. The standard InChI is InChI=1S/C12H15F3O4/c13-12(14,15)10(17)7-9(16)8-1-3-11(4-2-8)18-5-6-19-11/h8H,1-7H2. The predicted molar refractivity (Wildman–Crippen MR) is 57.3 cm³/mol. The lowest BCUT2D eigenvalue weighted by atomic mass is 9.81. The quantitative estimate of drug-likeness (QED) is 0.742. The van der Waals surface area contributed by atoms with Crippen molar-refractivity contribution in [2.45, 2.75) is 44.1 Å². The molecule has 1 saturated carbocycles. The normalized spacial score (nSPS) is 23.7. The molecular weight excluding hydrogens is 265 g/mol. The Morgan fingerprint density at radius 2 is 1.63 bits per heavy atom. The number of hydrogen-bond donors (Lipinski definition) is 0. The van der Waals surface area contributed by atoms with E-state index in [-0.39, 0.29) is 0 Å². The number of ketones is 2. The number of Topliss-reactive ketones (excluding diaryl/α,β-unsaturated/α-hetero) is 2. The zero-order valence-electron chi connectivity index (χ0n) is 10.3. The van der Waals surface area contributed by atoms with Crippen LogP contribution in [-0.2, 0) is 19.1 Å². The summed E-state index contributed by atoms with van der Waals surface area (Å²) in [5.41, 5.74) is 0. The second-order valence-corrected chi connectivity index (χ2v) is 4.95. The van der Waals surface area contributed by atoms with Gasteiger partial charge in [-0.1, -0.05) is 0 Å². The Morgan fingerprint density at radius 3 is 2.11 bits per heavy atom. The van der Waals surface area contributed by atoms with E-state index in [4.69, 9.17) is 9.47 Å². The number of ether oxygens (including phenoxy) is 2. The third-order valence-electron chi connectivity index (χ3n) is 3.67. The first-order chi connectivity index (χ1) is 8.82. The van der Waals surface area contributed by atoms with Crippen LogP contribution >= 0.6 is 0 Å². The molecule has 0 aromatic rings. The molecule has 7 heteroatoms. The molecule has 0 unspecified atom stereocenters. The van der Waals surface area contributed by atoms with Gasteiger partial charge in [0, 0.05) is 18.8 Å². The molecule has 0 N–H and O–H groups in total. The van der Waals surface area contributed by atoms with Gasteiger partial charge in [-0.3, -0.25) is 9.59 Å². The van der Waals surface area contributed by atoms with E-state index in [1.807, 2.05) is 0 Å². The third kappa shape index (κ3) is 3.33. The highest BCUT2D eigenvalue weighted by Gasteiger charge is 2.44. The second-order valence-electron chi connectivity index (χ2n) is 4.95. The lowest BCUT2D eigenvalue weighted by molar-refractivity contribution is -0.184. The van der Waals surface area contributed by atoms with Crippen LogP contribution in [-0.4, -0.2) is 36.7 Å². The first kappa shape index (κ1) is 14.5. The zero-order chi connectivity index (χ0) is 14.1. The third-order valence-corrected chi connectivity index (χ3v) is 3.67. The summed E-state index contributed by atoms with van der Waals surface area (Å²) < 4.78 is 47.2. The molecule has 2 aliphatic rings. The average Bonchev–Trinajstić information content (AvgIpc) is 2.77. The predicted octanol–water partition coefficient (Wildman–Crippen LogP) is 2.01.